The average molecular weight is 296 g/mol. The Bertz CT molecular complexity index is 617. The fraction of sp³-hybridized carbons (Fsp3) is 0.0769. The third kappa shape index (κ3) is 3.36. The molecule has 0 fully saturated rings. The first-order chi connectivity index (χ1) is 9.10. The molecule has 0 atom stereocenters. The second kappa shape index (κ2) is 5.91. The normalized spacial score (nSPS) is 10.1. The molecule has 1 heterocycles. The van der Waals surface area contributed by atoms with E-state index >= 15 is 0 Å². The van der Waals surface area contributed by atoms with E-state index in [-0.39, 0.29) is 5.91 Å². The molecular weight excluding hydrogens is 285 g/mol. The van der Waals surface area contributed by atoms with Gasteiger partial charge in [0, 0.05) is 24.5 Å². The molecule has 0 bridgehead atoms. The predicted molar refractivity (Wildman–Crippen MR) is 78.2 cm³/mol. The molecule has 0 aliphatic heterocycles. The van der Waals surface area contributed by atoms with Gasteiger partial charge in [0.25, 0.3) is 5.91 Å². The topological polar surface area (TPSA) is 54.0 Å². The van der Waals surface area contributed by atoms with Crippen LogP contribution in [0.1, 0.15) is 10.4 Å². The number of rotatable bonds is 3. The van der Waals surface area contributed by atoms with E-state index in [0.29, 0.717) is 27.1 Å². The van der Waals surface area contributed by atoms with Crippen LogP contribution in [-0.4, -0.2) is 17.9 Å². The van der Waals surface area contributed by atoms with E-state index in [0.717, 1.165) is 0 Å². The smallest absolute Gasteiger partial charge is 0.255 e. The lowest BCUT2D eigenvalue weighted by Gasteiger charge is -2.07. The van der Waals surface area contributed by atoms with Crippen molar-refractivity contribution in [2.75, 3.05) is 17.7 Å². The van der Waals surface area contributed by atoms with Crippen molar-refractivity contribution in [3.63, 3.8) is 0 Å². The van der Waals surface area contributed by atoms with Gasteiger partial charge in [-0.25, -0.2) is 4.98 Å². The van der Waals surface area contributed by atoms with E-state index in [9.17, 15) is 4.79 Å². The Kier molecular flexibility index (Phi) is 4.24. The summed E-state index contributed by atoms with van der Waals surface area (Å²) >= 11 is 11.7. The number of carbonyl (C=O) groups excluding carboxylic acids is 1. The number of aromatic nitrogens is 1. The average Bonchev–Trinajstić information content (AvgIpc) is 2.43. The van der Waals surface area contributed by atoms with Gasteiger partial charge in [-0.1, -0.05) is 23.2 Å². The van der Waals surface area contributed by atoms with Crippen LogP contribution in [0.2, 0.25) is 10.0 Å². The second-order valence-corrected chi connectivity index (χ2v) is 4.58. The first kappa shape index (κ1) is 13.6. The predicted octanol–water partition coefficient (Wildman–Crippen LogP) is 3.68. The van der Waals surface area contributed by atoms with Crippen molar-refractivity contribution in [2.24, 2.45) is 0 Å². The lowest BCUT2D eigenvalue weighted by atomic mass is 10.2. The summed E-state index contributed by atoms with van der Waals surface area (Å²) in [5, 5.41) is 6.45. The molecule has 2 N–H and O–H groups in total. The fourth-order valence-electron chi connectivity index (χ4n) is 1.49. The third-order valence-corrected chi connectivity index (χ3v) is 3.19. The molecule has 4 nitrogen and oxygen atoms in total. The zero-order chi connectivity index (χ0) is 13.8. The van der Waals surface area contributed by atoms with Gasteiger partial charge in [0.05, 0.1) is 10.0 Å². The van der Waals surface area contributed by atoms with Crippen LogP contribution < -0.4 is 10.6 Å². The maximum absolute atomic E-state index is 12.0. The molecule has 6 heteroatoms. The summed E-state index contributed by atoms with van der Waals surface area (Å²) in [6.07, 6.45) is 1.57. The van der Waals surface area contributed by atoms with E-state index in [1.54, 1.807) is 43.6 Å². The lowest BCUT2D eigenvalue weighted by molar-refractivity contribution is 0.102. The SMILES string of the molecule is CNc1cc(C(=O)Nc2ccc(Cl)c(Cl)c2)ccn1. The Hall–Kier alpha value is -1.78. The standard InChI is InChI=1S/C13H11Cl2N3O/c1-16-12-6-8(4-5-17-12)13(19)18-9-2-3-10(14)11(15)7-9/h2-7H,1H3,(H,16,17)(H,18,19). The maximum atomic E-state index is 12.0. The molecule has 1 aromatic heterocycles. The molecule has 0 radical (unpaired) electrons. The number of nitrogens with one attached hydrogen (secondary N) is 2. The van der Waals surface area contributed by atoms with Gasteiger partial charge in [0.1, 0.15) is 5.82 Å². The maximum Gasteiger partial charge on any atom is 0.255 e. The lowest BCUT2D eigenvalue weighted by Crippen LogP contribution is -2.12. The number of hydrogen-bond acceptors (Lipinski definition) is 3. The molecule has 0 saturated carbocycles. The van der Waals surface area contributed by atoms with Crippen LogP contribution in [-0.2, 0) is 0 Å². The first-order valence-corrected chi connectivity index (χ1v) is 6.26. The van der Waals surface area contributed by atoms with Crippen molar-refractivity contribution in [3.8, 4) is 0 Å². The van der Waals surface area contributed by atoms with Crippen LogP contribution >= 0.6 is 23.2 Å². The van der Waals surface area contributed by atoms with Gasteiger partial charge in [-0.15, -0.1) is 0 Å². The van der Waals surface area contributed by atoms with Crippen LogP contribution in [0.3, 0.4) is 0 Å². The van der Waals surface area contributed by atoms with Gasteiger partial charge in [0.15, 0.2) is 0 Å². The van der Waals surface area contributed by atoms with E-state index in [4.69, 9.17) is 23.2 Å². The Balaban J connectivity index is 2.18. The summed E-state index contributed by atoms with van der Waals surface area (Å²) in [5.41, 5.74) is 1.09. The molecule has 0 unspecified atom stereocenters. The van der Waals surface area contributed by atoms with Gasteiger partial charge in [-0.05, 0) is 30.3 Å². The van der Waals surface area contributed by atoms with Crippen LogP contribution in [0.5, 0.6) is 0 Å². The number of hydrogen-bond donors (Lipinski definition) is 2. The summed E-state index contributed by atoms with van der Waals surface area (Å²) in [6, 6.07) is 8.21. The molecule has 1 aromatic carbocycles. The quantitative estimate of drug-likeness (QED) is 0.908. The fourth-order valence-corrected chi connectivity index (χ4v) is 1.78. The Labute approximate surface area is 120 Å². The van der Waals surface area contributed by atoms with Crippen LogP contribution in [0.15, 0.2) is 36.5 Å². The van der Waals surface area contributed by atoms with Gasteiger partial charge in [-0.3, -0.25) is 4.79 Å². The zero-order valence-corrected chi connectivity index (χ0v) is 11.6. The van der Waals surface area contributed by atoms with E-state index < -0.39 is 0 Å². The number of nitrogens with zero attached hydrogens (tertiary/aromatic N) is 1. The number of carbonyl (C=O) groups is 1. The molecule has 2 rings (SSSR count). The van der Waals surface area contributed by atoms with Crippen LogP contribution in [0, 0.1) is 0 Å². The largest absolute Gasteiger partial charge is 0.373 e. The van der Waals surface area contributed by atoms with Gasteiger partial charge < -0.3 is 10.6 Å². The first-order valence-electron chi connectivity index (χ1n) is 5.50. The van der Waals surface area contributed by atoms with E-state index in [2.05, 4.69) is 15.6 Å². The minimum absolute atomic E-state index is 0.239. The molecule has 0 saturated heterocycles. The number of amides is 1. The summed E-state index contributed by atoms with van der Waals surface area (Å²) in [6.45, 7) is 0. The highest BCUT2D eigenvalue weighted by atomic mass is 35.5. The van der Waals surface area contributed by atoms with Gasteiger partial charge in [-0.2, -0.15) is 0 Å². The Morgan fingerprint density at radius 2 is 1.95 bits per heavy atom. The molecule has 98 valence electrons. The molecular formula is C13H11Cl2N3O. The zero-order valence-electron chi connectivity index (χ0n) is 10.1. The van der Waals surface area contributed by atoms with Crippen molar-refractivity contribution in [1.29, 1.82) is 0 Å². The van der Waals surface area contributed by atoms with Crippen molar-refractivity contribution in [3.05, 3.63) is 52.1 Å². The van der Waals surface area contributed by atoms with Crippen LogP contribution in [0.25, 0.3) is 0 Å². The number of anilines is 2. The highest BCUT2D eigenvalue weighted by Crippen LogP contribution is 2.25. The van der Waals surface area contributed by atoms with Crippen molar-refractivity contribution in [2.45, 2.75) is 0 Å². The van der Waals surface area contributed by atoms with Gasteiger partial charge >= 0.3 is 0 Å². The number of benzene rings is 1. The highest BCUT2D eigenvalue weighted by Gasteiger charge is 2.08. The Morgan fingerprint density at radius 3 is 2.63 bits per heavy atom. The second-order valence-electron chi connectivity index (χ2n) is 3.76. The summed E-state index contributed by atoms with van der Waals surface area (Å²) in [5.74, 6) is 0.388. The van der Waals surface area contributed by atoms with Gasteiger partial charge in [0.2, 0.25) is 0 Å². The summed E-state index contributed by atoms with van der Waals surface area (Å²) in [7, 11) is 1.74. The van der Waals surface area contributed by atoms with Crippen molar-refractivity contribution >= 4 is 40.6 Å². The molecule has 0 spiro atoms. The van der Waals surface area contributed by atoms with E-state index in [1.165, 1.54) is 0 Å². The number of halogens is 2. The minimum atomic E-state index is -0.239. The minimum Gasteiger partial charge on any atom is -0.373 e. The third-order valence-electron chi connectivity index (χ3n) is 2.46. The van der Waals surface area contributed by atoms with Crippen molar-refractivity contribution < 1.29 is 4.79 Å². The van der Waals surface area contributed by atoms with E-state index in [1.807, 2.05) is 0 Å². The number of pyridine rings is 1. The molecule has 0 aliphatic carbocycles. The van der Waals surface area contributed by atoms with Crippen LogP contribution in [0.4, 0.5) is 11.5 Å². The molecule has 0 aliphatic rings. The highest BCUT2D eigenvalue weighted by molar-refractivity contribution is 6.42. The Morgan fingerprint density at radius 1 is 1.16 bits per heavy atom. The van der Waals surface area contributed by atoms with Crippen molar-refractivity contribution in [1.82, 2.24) is 4.98 Å². The molecule has 2 aromatic rings. The monoisotopic (exact) mass is 295 g/mol. The summed E-state index contributed by atoms with van der Waals surface area (Å²) in [4.78, 5) is 16.1. The molecule has 19 heavy (non-hydrogen) atoms. The summed E-state index contributed by atoms with van der Waals surface area (Å²) < 4.78 is 0. The molecule has 1 amide bonds.